The standard InChI is InChI=1S/C58H54N4/c1-43-16-13-24-55(40-43)60(47-20-7-5-8-21-47)52-32-28-49(29-33-52)59(50-30-34-53(35-31-50)61(48-22-9-6-10-23-48)56-25-14-17-44(2)41-56)51-36-38-54(39-37-51)62(57-26-15-18-45(3)42-57)58-27-12-11-19-46(58)4/h5-10,13-18,20-42,46H,11-12,19H2,1-4H3. The van der Waals surface area contributed by atoms with Gasteiger partial charge in [-0.15, -0.1) is 0 Å². The van der Waals surface area contributed by atoms with Crippen molar-refractivity contribution in [1.29, 1.82) is 0 Å². The minimum atomic E-state index is 0.475. The predicted molar refractivity (Wildman–Crippen MR) is 264 cm³/mol. The van der Waals surface area contributed by atoms with Crippen LogP contribution in [0.15, 0.2) is 218 Å². The summed E-state index contributed by atoms with van der Waals surface area (Å²) in [5.74, 6) is 0.475. The van der Waals surface area contributed by atoms with Crippen molar-refractivity contribution in [2.24, 2.45) is 5.92 Å². The van der Waals surface area contributed by atoms with Gasteiger partial charge in [0.1, 0.15) is 0 Å². The first-order valence-electron chi connectivity index (χ1n) is 21.9. The Morgan fingerprint density at radius 3 is 0.952 bits per heavy atom. The van der Waals surface area contributed by atoms with Crippen LogP contribution in [0.4, 0.5) is 62.6 Å². The van der Waals surface area contributed by atoms with Gasteiger partial charge in [-0.05, 0) is 196 Å². The Balaban J connectivity index is 1.14. The highest BCUT2D eigenvalue weighted by molar-refractivity contribution is 5.84. The number of hydrogen-bond donors (Lipinski definition) is 0. The lowest BCUT2D eigenvalue weighted by molar-refractivity contribution is 0.543. The normalized spacial score (nSPS) is 13.5. The third-order valence-corrected chi connectivity index (χ3v) is 11.9. The number of rotatable bonds is 12. The van der Waals surface area contributed by atoms with Gasteiger partial charge in [-0.25, -0.2) is 0 Å². The predicted octanol–water partition coefficient (Wildman–Crippen LogP) is 16.9. The van der Waals surface area contributed by atoms with Crippen LogP contribution in [0.2, 0.25) is 0 Å². The second kappa shape index (κ2) is 18.1. The summed E-state index contributed by atoms with van der Waals surface area (Å²) in [6.45, 7) is 8.85. The maximum atomic E-state index is 2.47. The van der Waals surface area contributed by atoms with E-state index in [0.29, 0.717) is 5.92 Å². The molecule has 0 saturated carbocycles. The number of allylic oxidation sites excluding steroid dienone is 2. The second-order valence-corrected chi connectivity index (χ2v) is 16.5. The molecule has 1 aliphatic carbocycles. The van der Waals surface area contributed by atoms with Crippen molar-refractivity contribution < 1.29 is 0 Å². The lowest BCUT2D eigenvalue weighted by atomic mass is 9.92. The fraction of sp³-hybridized carbons (Fsp3) is 0.138. The largest absolute Gasteiger partial charge is 0.314 e. The lowest BCUT2D eigenvalue weighted by Gasteiger charge is -2.34. The summed E-state index contributed by atoms with van der Waals surface area (Å²) < 4.78 is 0. The Morgan fingerprint density at radius 1 is 0.323 bits per heavy atom. The van der Waals surface area contributed by atoms with E-state index in [1.165, 1.54) is 46.6 Å². The number of nitrogens with zero attached hydrogens (tertiary/aromatic N) is 4. The third kappa shape index (κ3) is 8.64. The fourth-order valence-electron chi connectivity index (χ4n) is 8.83. The van der Waals surface area contributed by atoms with Crippen LogP contribution in [0.1, 0.15) is 42.9 Å². The molecule has 0 saturated heterocycles. The van der Waals surface area contributed by atoms with Crippen LogP contribution in [-0.4, -0.2) is 0 Å². The Kier molecular flexibility index (Phi) is 11.7. The summed E-state index contributed by atoms with van der Waals surface area (Å²) >= 11 is 0. The smallest absolute Gasteiger partial charge is 0.0464 e. The molecule has 0 aliphatic heterocycles. The zero-order valence-electron chi connectivity index (χ0n) is 36.2. The minimum Gasteiger partial charge on any atom is -0.314 e. The van der Waals surface area contributed by atoms with E-state index in [4.69, 9.17) is 0 Å². The Hall–Kier alpha value is -7.30. The summed E-state index contributed by atoms with van der Waals surface area (Å²) in [7, 11) is 0. The number of para-hydroxylation sites is 2. The summed E-state index contributed by atoms with van der Waals surface area (Å²) in [6.07, 6.45) is 5.99. The summed E-state index contributed by atoms with van der Waals surface area (Å²) in [4.78, 5) is 9.50. The highest BCUT2D eigenvalue weighted by atomic mass is 15.2. The first-order valence-corrected chi connectivity index (χ1v) is 21.9. The van der Waals surface area contributed by atoms with Crippen molar-refractivity contribution in [3.8, 4) is 0 Å². The van der Waals surface area contributed by atoms with Crippen molar-refractivity contribution in [3.05, 3.63) is 235 Å². The molecule has 9 rings (SSSR count). The third-order valence-electron chi connectivity index (χ3n) is 11.9. The van der Waals surface area contributed by atoms with Crippen LogP contribution in [0.3, 0.4) is 0 Å². The summed E-state index contributed by atoms with van der Waals surface area (Å²) in [6, 6.07) is 74.7. The molecule has 0 N–H and O–H groups in total. The number of benzene rings is 8. The molecular formula is C58H54N4. The topological polar surface area (TPSA) is 13.0 Å². The van der Waals surface area contributed by atoms with Gasteiger partial charge in [0.25, 0.3) is 0 Å². The maximum absolute atomic E-state index is 2.47. The van der Waals surface area contributed by atoms with Crippen molar-refractivity contribution in [2.75, 3.05) is 19.6 Å². The van der Waals surface area contributed by atoms with Crippen LogP contribution in [0.25, 0.3) is 0 Å². The van der Waals surface area contributed by atoms with E-state index in [0.717, 1.165) is 57.6 Å². The Morgan fingerprint density at radius 2 is 0.613 bits per heavy atom. The lowest BCUT2D eigenvalue weighted by Crippen LogP contribution is -2.23. The molecule has 0 bridgehead atoms. The van der Waals surface area contributed by atoms with E-state index in [9.17, 15) is 0 Å². The molecule has 8 aromatic rings. The molecule has 4 heteroatoms. The quantitative estimate of drug-likeness (QED) is 0.122. The van der Waals surface area contributed by atoms with Gasteiger partial charge in [0.05, 0.1) is 0 Å². The van der Waals surface area contributed by atoms with E-state index in [2.05, 4.69) is 260 Å². The molecular weight excluding hydrogens is 753 g/mol. The van der Waals surface area contributed by atoms with E-state index < -0.39 is 0 Å². The number of hydrogen-bond acceptors (Lipinski definition) is 4. The average molecular weight is 807 g/mol. The molecule has 0 amide bonds. The highest BCUT2D eigenvalue weighted by Gasteiger charge is 2.24. The molecule has 0 aromatic heterocycles. The van der Waals surface area contributed by atoms with Crippen LogP contribution < -0.4 is 19.6 Å². The molecule has 0 heterocycles. The van der Waals surface area contributed by atoms with E-state index in [1.807, 2.05) is 0 Å². The number of anilines is 11. The van der Waals surface area contributed by atoms with Gasteiger partial charge in [0.2, 0.25) is 0 Å². The highest BCUT2D eigenvalue weighted by Crippen LogP contribution is 2.43. The summed E-state index contributed by atoms with van der Waals surface area (Å²) in [5.41, 5.74) is 17.4. The fourth-order valence-corrected chi connectivity index (χ4v) is 8.83. The van der Waals surface area contributed by atoms with Crippen molar-refractivity contribution in [1.82, 2.24) is 0 Å². The molecule has 0 spiro atoms. The average Bonchev–Trinajstić information content (AvgIpc) is 3.30. The van der Waals surface area contributed by atoms with Crippen LogP contribution in [0, 0.1) is 26.7 Å². The molecule has 0 fully saturated rings. The zero-order valence-corrected chi connectivity index (χ0v) is 36.2. The maximum Gasteiger partial charge on any atom is 0.0464 e. The van der Waals surface area contributed by atoms with Gasteiger partial charge in [0.15, 0.2) is 0 Å². The van der Waals surface area contributed by atoms with Gasteiger partial charge in [-0.1, -0.05) is 85.8 Å². The molecule has 306 valence electrons. The van der Waals surface area contributed by atoms with Gasteiger partial charge in [0, 0.05) is 68.3 Å². The van der Waals surface area contributed by atoms with Gasteiger partial charge < -0.3 is 19.6 Å². The van der Waals surface area contributed by atoms with Gasteiger partial charge in [-0.2, -0.15) is 0 Å². The van der Waals surface area contributed by atoms with Crippen LogP contribution in [0.5, 0.6) is 0 Å². The summed E-state index contributed by atoms with van der Waals surface area (Å²) in [5, 5.41) is 0. The van der Waals surface area contributed by atoms with E-state index in [1.54, 1.807) is 0 Å². The molecule has 62 heavy (non-hydrogen) atoms. The minimum absolute atomic E-state index is 0.475. The van der Waals surface area contributed by atoms with E-state index in [-0.39, 0.29) is 0 Å². The molecule has 0 radical (unpaired) electrons. The molecule has 8 aromatic carbocycles. The first-order chi connectivity index (χ1) is 30.4. The Labute approximate surface area is 368 Å². The second-order valence-electron chi connectivity index (χ2n) is 16.5. The van der Waals surface area contributed by atoms with E-state index >= 15 is 0 Å². The monoisotopic (exact) mass is 806 g/mol. The number of aryl methyl sites for hydroxylation is 3. The Bertz CT molecular complexity index is 2630. The molecule has 4 nitrogen and oxygen atoms in total. The van der Waals surface area contributed by atoms with Crippen LogP contribution >= 0.6 is 0 Å². The zero-order chi connectivity index (χ0) is 42.4. The van der Waals surface area contributed by atoms with Crippen molar-refractivity contribution in [2.45, 2.75) is 47.0 Å². The molecule has 1 atom stereocenters. The SMILES string of the molecule is Cc1cccc(N(C2=CCCCC2C)c2ccc(N(c3ccc(N(c4ccccc4)c4cccc(C)c4)cc3)c3ccc(N(c4ccccc4)c4cccc(C)c4)cc3)cc2)c1. The van der Waals surface area contributed by atoms with Crippen molar-refractivity contribution >= 4 is 62.6 Å². The first kappa shape index (κ1) is 40.1. The van der Waals surface area contributed by atoms with Gasteiger partial charge >= 0.3 is 0 Å². The van der Waals surface area contributed by atoms with Gasteiger partial charge in [-0.3, -0.25) is 0 Å². The van der Waals surface area contributed by atoms with Crippen molar-refractivity contribution in [3.63, 3.8) is 0 Å². The molecule has 1 unspecified atom stereocenters. The molecule has 1 aliphatic rings. The van der Waals surface area contributed by atoms with Crippen LogP contribution in [-0.2, 0) is 0 Å².